The van der Waals surface area contributed by atoms with Gasteiger partial charge < -0.3 is 19.7 Å². The number of nitrogens with zero attached hydrogens (tertiary/aromatic N) is 2. The predicted octanol–water partition coefficient (Wildman–Crippen LogP) is 2.38. The second-order valence-electron chi connectivity index (χ2n) is 6.33. The van der Waals surface area contributed by atoms with Gasteiger partial charge in [0.05, 0.1) is 7.11 Å². The first-order valence-corrected chi connectivity index (χ1v) is 8.93. The number of ether oxygens (including phenoxy) is 2. The van der Waals surface area contributed by atoms with Crippen molar-refractivity contribution < 1.29 is 14.3 Å². The molecule has 0 bridgehead atoms. The van der Waals surface area contributed by atoms with E-state index < -0.39 is 0 Å². The molecule has 1 aromatic carbocycles. The minimum atomic E-state index is 0.0340. The highest BCUT2D eigenvalue weighted by atomic mass is 16.5. The number of carbonyl (C=O) groups is 1. The first-order chi connectivity index (χ1) is 12.8. The van der Waals surface area contributed by atoms with E-state index in [0.717, 1.165) is 43.6 Å². The standard InChI is InChI=1S/C20H25N3O3/c1-25-19-11-16(12-22-14-17-5-4-8-21-13-17)6-7-18(19)26-15-20(24)23-9-2-3-10-23/h4-8,11,13,22H,2-3,9-10,12,14-15H2,1H3. The van der Waals surface area contributed by atoms with Gasteiger partial charge in [0, 0.05) is 38.6 Å². The fourth-order valence-corrected chi connectivity index (χ4v) is 2.99. The quantitative estimate of drug-likeness (QED) is 0.788. The highest BCUT2D eigenvalue weighted by molar-refractivity contribution is 5.78. The van der Waals surface area contributed by atoms with Crippen LogP contribution in [0.4, 0.5) is 0 Å². The van der Waals surface area contributed by atoms with Gasteiger partial charge in [0.2, 0.25) is 0 Å². The zero-order chi connectivity index (χ0) is 18.2. The molecule has 1 fully saturated rings. The molecule has 3 rings (SSSR count). The van der Waals surface area contributed by atoms with Crippen LogP contribution in [0.15, 0.2) is 42.7 Å². The summed E-state index contributed by atoms with van der Waals surface area (Å²) in [7, 11) is 1.61. The van der Waals surface area contributed by atoms with Gasteiger partial charge in [0.15, 0.2) is 18.1 Å². The molecular weight excluding hydrogens is 330 g/mol. The maximum atomic E-state index is 12.1. The van der Waals surface area contributed by atoms with Crippen molar-refractivity contribution in [2.75, 3.05) is 26.8 Å². The van der Waals surface area contributed by atoms with Crippen LogP contribution in [0.3, 0.4) is 0 Å². The fourth-order valence-electron chi connectivity index (χ4n) is 2.99. The first-order valence-electron chi connectivity index (χ1n) is 8.93. The molecule has 0 spiro atoms. The number of nitrogens with one attached hydrogen (secondary N) is 1. The minimum absolute atomic E-state index is 0.0340. The maximum absolute atomic E-state index is 12.1. The van der Waals surface area contributed by atoms with Gasteiger partial charge in [-0.05, 0) is 42.2 Å². The lowest BCUT2D eigenvalue weighted by Gasteiger charge is -2.17. The van der Waals surface area contributed by atoms with Gasteiger partial charge in [-0.15, -0.1) is 0 Å². The summed E-state index contributed by atoms with van der Waals surface area (Å²) in [6.07, 6.45) is 5.77. The van der Waals surface area contributed by atoms with Gasteiger partial charge in [-0.2, -0.15) is 0 Å². The number of hydrogen-bond donors (Lipinski definition) is 1. The molecule has 1 saturated heterocycles. The van der Waals surface area contributed by atoms with E-state index in [2.05, 4.69) is 10.3 Å². The number of rotatable bonds is 8. The van der Waals surface area contributed by atoms with Crippen LogP contribution in [0, 0.1) is 0 Å². The van der Waals surface area contributed by atoms with E-state index in [9.17, 15) is 4.79 Å². The van der Waals surface area contributed by atoms with Gasteiger partial charge in [-0.25, -0.2) is 0 Å². The van der Waals surface area contributed by atoms with E-state index in [1.165, 1.54) is 0 Å². The molecule has 0 atom stereocenters. The largest absolute Gasteiger partial charge is 0.493 e. The van der Waals surface area contributed by atoms with Crippen LogP contribution in [-0.4, -0.2) is 42.6 Å². The van der Waals surface area contributed by atoms with Crippen molar-refractivity contribution in [3.63, 3.8) is 0 Å². The van der Waals surface area contributed by atoms with Crippen LogP contribution in [0.25, 0.3) is 0 Å². The van der Waals surface area contributed by atoms with Crippen molar-refractivity contribution in [1.82, 2.24) is 15.2 Å². The van der Waals surface area contributed by atoms with E-state index >= 15 is 0 Å². The van der Waals surface area contributed by atoms with Gasteiger partial charge in [-0.3, -0.25) is 9.78 Å². The molecule has 6 heteroatoms. The molecule has 6 nitrogen and oxygen atoms in total. The van der Waals surface area contributed by atoms with E-state index in [0.29, 0.717) is 18.0 Å². The normalized spacial score (nSPS) is 13.7. The number of pyridine rings is 1. The molecule has 1 aliphatic rings. The van der Waals surface area contributed by atoms with Crippen molar-refractivity contribution in [3.8, 4) is 11.5 Å². The summed E-state index contributed by atoms with van der Waals surface area (Å²) in [5.74, 6) is 1.27. The number of hydrogen-bond acceptors (Lipinski definition) is 5. The molecule has 0 unspecified atom stereocenters. The third-order valence-corrected chi connectivity index (χ3v) is 4.42. The average Bonchev–Trinajstić information content (AvgIpc) is 3.22. The van der Waals surface area contributed by atoms with Crippen molar-refractivity contribution >= 4 is 5.91 Å². The molecule has 1 aliphatic heterocycles. The zero-order valence-corrected chi connectivity index (χ0v) is 15.1. The predicted molar refractivity (Wildman–Crippen MR) is 99.1 cm³/mol. The Morgan fingerprint density at radius 2 is 1.96 bits per heavy atom. The Balaban J connectivity index is 1.52. The van der Waals surface area contributed by atoms with Crippen molar-refractivity contribution in [2.24, 2.45) is 0 Å². The zero-order valence-electron chi connectivity index (χ0n) is 15.1. The van der Waals surface area contributed by atoms with Crippen LogP contribution >= 0.6 is 0 Å². The molecule has 1 aromatic heterocycles. The average molecular weight is 355 g/mol. The van der Waals surface area contributed by atoms with Crippen LogP contribution in [-0.2, 0) is 17.9 Å². The van der Waals surface area contributed by atoms with Gasteiger partial charge >= 0.3 is 0 Å². The Morgan fingerprint density at radius 1 is 1.15 bits per heavy atom. The number of benzene rings is 1. The topological polar surface area (TPSA) is 63.7 Å². The molecule has 2 aromatic rings. The molecule has 26 heavy (non-hydrogen) atoms. The number of amides is 1. The third kappa shape index (κ3) is 4.95. The van der Waals surface area contributed by atoms with Crippen LogP contribution in [0.5, 0.6) is 11.5 Å². The summed E-state index contributed by atoms with van der Waals surface area (Å²) in [5, 5.41) is 3.38. The summed E-state index contributed by atoms with van der Waals surface area (Å²) in [4.78, 5) is 18.1. The summed E-state index contributed by atoms with van der Waals surface area (Å²) in [6, 6.07) is 9.74. The van der Waals surface area contributed by atoms with Gasteiger partial charge in [0.1, 0.15) is 0 Å². The first kappa shape index (κ1) is 18.2. The smallest absolute Gasteiger partial charge is 0.260 e. The van der Waals surface area contributed by atoms with Crippen LogP contribution in [0.2, 0.25) is 0 Å². The molecule has 0 aliphatic carbocycles. The third-order valence-electron chi connectivity index (χ3n) is 4.42. The highest BCUT2D eigenvalue weighted by Crippen LogP contribution is 2.28. The van der Waals surface area contributed by atoms with Crippen molar-refractivity contribution in [3.05, 3.63) is 53.9 Å². The summed E-state index contributed by atoms with van der Waals surface area (Å²) in [6.45, 7) is 3.17. The molecule has 0 saturated carbocycles. The summed E-state index contributed by atoms with van der Waals surface area (Å²) in [5.41, 5.74) is 2.23. The molecule has 0 radical (unpaired) electrons. The van der Waals surface area contributed by atoms with E-state index in [1.807, 2.05) is 41.4 Å². The minimum Gasteiger partial charge on any atom is -0.493 e. The number of aromatic nitrogens is 1. The monoisotopic (exact) mass is 355 g/mol. The molecule has 138 valence electrons. The summed E-state index contributed by atoms with van der Waals surface area (Å²) >= 11 is 0. The van der Waals surface area contributed by atoms with E-state index in [4.69, 9.17) is 9.47 Å². The second kappa shape index (κ2) is 9.20. The lowest BCUT2D eigenvalue weighted by molar-refractivity contribution is -0.132. The second-order valence-corrected chi connectivity index (χ2v) is 6.33. The SMILES string of the molecule is COc1cc(CNCc2cccnc2)ccc1OCC(=O)N1CCCC1. The Hall–Kier alpha value is -2.60. The Morgan fingerprint density at radius 3 is 2.69 bits per heavy atom. The van der Waals surface area contributed by atoms with Crippen molar-refractivity contribution in [2.45, 2.75) is 25.9 Å². The lowest BCUT2D eigenvalue weighted by atomic mass is 10.2. The molecular formula is C20H25N3O3. The number of carbonyl (C=O) groups excluding carboxylic acids is 1. The van der Waals surface area contributed by atoms with Crippen LogP contribution in [0.1, 0.15) is 24.0 Å². The van der Waals surface area contributed by atoms with E-state index in [-0.39, 0.29) is 12.5 Å². The Bertz CT molecular complexity index is 715. The molecule has 1 N–H and O–H groups in total. The lowest BCUT2D eigenvalue weighted by Crippen LogP contribution is -2.32. The maximum Gasteiger partial charge on any atom is 0.260 e. The van der Waals surface area contributed by atoms with Gasteiger partial charge in [0.25, 0.3) is 5.91 Å². The Labute approximate surface area is 154 Å². The summed E-state index contributed by atoms with van der Waals surface area (Å²) < 4.78 is 11.1. The number of likely N-dealkylation sites (tertiary alicyclic amines) is 1. The fraction of sp³-hybridized carbons (Fsp3) is 0.400. The van der Waals surface area contributed by atoms with Crippen LogP contribution < -0.4 is 14.8 Å². The molecule has 2 heterocycles. The highest BCUT2D eigenvalue weighted by Gasteiger charge is 2.18. The number of methoxy groups -OCH3 is 1. The molecule has 1 amide bonds. The van der Waals surface area contributed by atoms with Crippen molar-refractivity contribution in [1.29, 1.82) is 0 Å². The Kier molecular flexibility index (Phi) is 6.44. The van der Waals surface area contributed by atoms with E-state index in [1.54, 1.807) is 13.3 Å². The van der Waals surface area contributed by atoms with Gasteiger partial charge in [-0.1, -0.05) is 12.1 Å².